The summed E-state index contributed by atoms with van der Waals surface area (Å²) in [7, 11) is 0. The zero-order valence-corrected chi connectivity index (χ0v) is 69.0. The Balaban J connectivity index is -0.000000181. The molecule has 4 saturated carbocycles. The van der Waals surface area contributed by atoms with E-state index in [9.17, 15) is 0 Å². The topological polar surface area (TPSA) is 863 Å². The van der Waals surface area contributed by atoms with Gasteiger partial charge in [0.25, 0.3) is 0 Å². The summed E-state index contributed by atoms with van der Waals surface area (Å²) < 4.78 is 0. The van der Waals surface area contributed by atoms with Crippen LogP contribution in [0.5, 0.6) is 0 Å². The van der Waals surface area contributed by atoms with E-state index in [4.69, 9.17) is 184 Å². The van der Waals surface area contributed by atoms with Crippen molar-refractivity contribution in [2.75, 3.05) is 0 Å². The smallest absolute Gasteiger partial charge is 0.356 e. The SMILES string of the molecule is CC#N.CC#N.CC#N.CC#N.CC#N.O=[N+]([O-])[O-].O=[N+]([O-])[O-].O=[N+]([O-])[O-].O=[N+]([O-])[O-].O=[N+]([O-])[O-].O=[N+]([O-])[O-].O=[N+]([O-])[O-].O=[N+]([O-])[O-].O=[N+]([O-])[O-].[Yb+3].[Yb+3].[Yb+3].c1cc2nc(c1)CN[C@@H]1CCCC[C@H]1NCc1cccc(n1)CN[C@@H]1CCCC[C@H]1NC2.c1cc2nc(c1)CN[C@@H]1CCCC[C@H]1NCc1cccc(n1)CN[C@@H]1CCCC[C@H]1NC2. The minimum absolute atomic E-state index is 0. The fourth-order valence-electron chi connectivity index (χ4n) is 11.3. The number of hydrogen-bond acceptors (Lipinski definition) is 44. The van der Waals surface area contributed by atoms with E-state index in [-0.39, 0.29) is 141 Å². The summed E-state index contributed by atoms with van der Waals surface area (Å²) in [5.74, 6) is 0. The maximum Gasteiger partial charge on any atom is 3.00 e. The molecule has 4 aromatic rings. The van der Waals surface area contributed by atoms with Crippen LogP contribution in [0.1, 0.15) is 183 Å². The third-order valence-electron chi connectivity index (χ3n) is 14.9. The van der Waals surface area contributed by atoms with Crippen LogP contribution in [0.15, 0.2) is 72.8 Å². The first-order chi connectivity index (χ1) is 54.3. The molecule has 56 heteroatoms. The molecular formula is C62H91N26O27Yb3. The quantitative estimate of drug-likeness (QED) is 0.0659. The van der Waals surface area contributed by atoms with Gasteiger partial charge in [-0.1, -0.05) is 75.6 Å². The van der Waals surface area contributed by atoms with Gasteiger partial charge in [0, 0.05) is 135 Å². The molecule has 8 N–H and O–H groups in total. The standard InChI is InChI=1S/2C26H38N6.5C2H3N.9NO3.3Yb/c2*1-2-12-24-23(11-1)27-15-19-7-5-9-21(31-19)17-29-25-13-3-4-14-26(25)30-18-22-10-6-8-20(32-22)16-28-24;5*1-2-3;9*2-1(3)4;;;/h2*5-10,23-30H,1-4,11-18H2;5*1H3;;;;;;;;;;;;/q;;;;;;;9*-1;3*+3/t2*23-,24-,25-,26-;;;;;;;;;;;;;;;;;/m11................./s1. The van der Waals surface area contributed by atoms with E-state index < -0.39 is 45.8 Å². The van der Waals surface area contributed by atoms with Crippen molar-refractivity contribution in [2.45, 2.75) is 238 Å². The van der Waals surface area contributed by atoms with E-state index in [2.05, 4.69) is 115 Å². The van der Waals surface area contributed by atoms with Crippen LogP contribution in [-0.4, -0.2) is 114 Å². The van der Waals surface area contributed by atoms with E-state index in [1.165, 1.54) is 137 Å². The molecule has 3 radical (unpaired) electrons. The van der Waals surface area contributed by atoms with Crippen molar-refractivity contribution < 1.29 is 187 Å². The van der Waals surface area contributed by atoms with Crippen molar-refractivity contribution in [3.63, 3.8) is 0 Å². The molecule has 53 nitrogen and oxygen atoms in total. The third kappa shape index (κ3) is 91.0. The summed E-state index contributed by atoms with van der Waals surface area (Å²) in [6.45, 7) is 13.8. The first-order valence-corrected chi connectivity index (χ1v) is 33.9. The van der Waals surface area contributed by atoms with Gasteiger partial charge in [-0.05, 0) is 99.9 Å². The van der Waals surface area contributed by atoms with Gasteiger partial charge in [-0.2, -0.15) is 26.3 Å². The second-order valence-electron chi connectivity index (χ2n) is 22.6. The van der Waals surface area contributed by atoms with Crippen LogP contribution >= 0.6 is 0 Å². The van der Waals surface area contributed by atoms with Crippen LogP contribution in [0.3, 0.4) is 0 Å². The number of nitrogens with zero attached hydrogens (tertiary/aromatic N) is 18. The Morgan fingerprint density at radius 1 is 0.237 bits per heavy atom. The van der Waals surface area contributed by atoms with E-state index in [1.54, 1.807) is 30.3 Å². The molecule has 8 bridgehead atoms. The Morgan fingerprint density at radius 2 is 0.314 bits per heavy atom. The fraction of sp³-hybridized carbons (Fsp3) is 0.597. The van der Waals surface area contributed by atoms with Crippen molar-refractivity contribution >= 4 is 0 Å². The molecule has 0 unspecified atom stereocenters. The molecule has 4 fully saturated rings. The second kappa shape index (κ2) is 87.4. The number of fused-ring (bicyclic) bond motifs is 12. The molecule has 0 aromatic carbocycles. The van der Waals surface area contributed by atoms with Crippen LogP contribution in [0.4, 0.5) is 0 Å². The van der Waals surface area contributed by atoms with Crippen LogP contribution in [0.2, 0.25) is 0 Å². The van der Waals surface area contributed by atoms with Crippen LogP contribution in [0, 0.1) is 335 Å². The Labute approximate surface area is 791 Å². The van der Waals surface area contributed by atoms with Crippen molar-refractivity contribution in [3.8, 4) is 30.3 Å². The number of rotatable bonds is 0. The molecule has 118 heavy (non-hydrogen) atoms. The molecule has 6 heterocycles. The summed E-state index contributed by atoms with van der Waals surface area (Å²) in [5, 5.41) is 200. The van der Waals surface area contributed by atoms with E-state index >= 15 is 0 Å². The van der Waals surface area contributed by atoms with Gasteiger partial charge in [0.1, 0.15) is 0 Å². The molecule has 4 aromatic heterocycles. The van der Waals surface area contributed by atoms with E-state index in [1.807, 2.05) is 0 Å². The first-order valence-electron chi connectivity index (χ1n) is 33.9. The molecule has 4 aliphatic carbocycles. The van der Waals surface area contributed by atoms with E-state index in [0.29, 0.717) is 48.3 Å². The first kappa shape index (κ1) is 127. The van der Waals surface area contributed by atoms with Crippen molar-refractivity contribution in [1.29, 1.82) is 26.3 Å². The maximum absolute atomic E-state index is 8.25. The largest absolute Gasteiger partial charge is 3.00 e. The molecule has 673 valence electrons. The fourth-order valence-corrected chi connectivity index (χ4v) is 11.3. The monoisotopic (exact) mass is 2150 g/mol. The van der Waals surface area contributed by atoms with Crippen LogP contribution in [0.25, 0.3) is 0 Å². The van der Waals surface area contributed by atoms with Gasteiger partial charge < -0.3 is 180 Å². The molecule has 0 saturated heterocycles. The average Bonchev–Trinajstić information content (AvgIpc) is 0.856. The van der Waals surface area contributed by atoms with Gasteiger partial charge in [-0.25, -0.2) is 0 Å². The predicted octanol–water partition coefficient (Wildman–Crippen LogP) is 6.84. The Hall–Kier alpha value is -8.91. The molecule has 0 spiro atoms. The van der Waals surface area contributed by atoms with Crippen LogP contribution < -0.4 is 42.5 Å². The third-order valence-corrected chi connectivity index (χ3v) is 14.9. The van der Waals surface area contributed by atoms with Crippen molar-refractivity contribution in [2.24, 2.45) is 0 Å². The number of nitriles is 5. The van der Waals surface area contributed by atoms with E-state index in [0.717, 1.165) is 97.9 Å². The summed E-state index contributed by atoms with van der Waals surface area (Å²) in [6, 6.07) is 38.5. The minimum atomic E-state index is -1.75. The maximum atomic E-state index is 8.25. The molecule has 0 amide bonds. The number of nitrogens with one attached hydrogen (secondary N) is 8. The second-order valence-corrected chi connectivity index (χ2v) is 22.6. The molecule has 8 atom stereocenters. The summed E-state index contributed by atoms with van der Waals surface area (Å²) in [5.41, 5.74) is 9.13. The van der Waals surface area contributed by atoms with Crippen molar-refractivity contribution in [3.05, 3.63) is 256 Å². The van der Waals surface area contributed by atoms with Gasteiger partial charge in [-0.3, -0.25) is 19.9 Å². The van der Waals surface area contributed by atoms with Gasteiger partial charge in [-0.15, -0.1) is 0 Å². The van der Waals surface area contributed by atoms with Gasteiger partial charge in [0.15, 0.2) is 0 Å². The Bertz CT molecular complexity index is 2910. The molecule has 2 aliphatic heterocycles. The number of hydrogen-bond donors (Lipinski definition) is 8. The number of aromatic nitrogens is 4. The molecule has 6 aliphatic rings. The van der Waals surface area contributed by atoms with Gasteiger partial charge in [0.05, 0.1) is 122 Å². The average molecular weight is 2150 g/mol. The minimum Gasteiger partial charge on any atom is -0.356 e. The molecule has 10 rings (SSSR count). The normalized spacial score (nSPS) is 18.3. The van der Waals surface area contributed by atoms with Crippen LogP contribution in [-0.2, 0) is 52.4 Å². The van der Waals surface area contributed by atoms with Gasteiger partial charge >= 0.3 is 141 Å². The van der Waals surface area contributed by atoms with Crippen molar-refractivity contribution in [1.82, 2.24) is 62.5 Å². The number of pyridine rings is 4. The molecular weight excluding hydrogens is 2060 g/mol. The predicted molar refractivity (Wildman–Crippen MR) is 406 cm³/mol. The zero-order chi connectivity index (χ0) is 88.9. The summed E-state index contributed by atoms with van der Waals surface area (Å²) in [6.07, 6.45) is 20.2. The Kier molecular flexibility index (Phi) is 94.2. The van der Waals surface area contributed by atoms with Gasteiger partial charge in [0.2, 0.25) is 0 Å². The summed E-state index contributed by atoms with van der Waals surface area (Å²) in [4.78, 5) is 94.1. The zero-order valence-electron chi connectivity index (χ0n) is 63.9. The summed E-state index contributed by atoms with van der Waals surface area (Å²) >= 11 is 0. The Morgan fingerprint density at radius 3 is 0.390 bits per heavy atom.